The van der Waals surface area contributed by atoms with Crippen LogP contribution < -0.4 is 0 Å². The fraction of sp³-hybridized carbons (Fsp3) is 0.660. The van der Waals surface area contributed by atoms with Crippen molar-refractivity contribution in [2.24, 2.45) is 9.98 Å². The molecule has 2 aromatic rings. The molecule has 0 bridgehead atoms. The van der Waals surface area contributed by atoms with Gasteiger partial charge < -0.3 is 0 Å². The second-order valence-corrected chi connectivity index (χ2v) is 15.8. The molecule has 0 aliphatic heterocycles. The molecule has 0 aromatic heterocycles. The molecule has 0 unspecified atom stereocenters. The van der Waals surface area contributed by atoms with Crippen LogP contribution in [0.3, 0.4) is 0 Å². The van der Waals surface area contributed by atoms with Gasteiger partial charge in [0.15, 0.2) is 0 Å². The van der Waals surface area contributed by atoms with Gasteiger partial charge in [0.1, 0.15) is 0 Å². The van der Waals surface area contributed by atoms with E-state index in [2.05, 4.69) is 99.9 Å². The van der Waals surface area contributed by atoms with Crippen molar-refractivity contribution in [2.45, 2.75) is 227 Å². The van der Waals surface area contributed by atoms with E-state index in [1.54, 1.807) is 0 Å². The van der Waals surface area contributed by atoms with Crippen molar-refractivity contribution < 1.29 is 16.5 Å². The van der Waals surface area contributed by atoms with Crippen LogP contribution in [0.15, 0.2) is 58.5 Å². The van der Waals surface area contributed by atoms with Crippen LogP contribution >= 0.6 is 0 Å². The monoisotopic (exact) mass is 805 g/mol. The van der Waals surface area contributed by atoms with Gasteiger partial charge in [-0.2, -0.15) is 0 Å². The molecular formula is C53H82N2Ni. The van der Waals surface area contributed by atoms with Gasteiger partial charge in [0.05, 0.1) is 22.8 Å². The van der Waals surface area contributed by atoms with Crippen molar-refractivity contribution in [3.63, 3.8) is 0 Å². The van der Waals surface area contributed by atoms with Crippen LogP contribution in [-0.4, -0.2) is 11.4 Å². The minimum Gasteiger partial charge on any atom is -0.251 e. The van der Waals surface area contributed by atoms with E-state index in [9.17, 15) is 0 Å². The molecule has 2 rings (SSSR count). The fourth-order valence-corrected chi connectivity index (χ4v) is 7.17. The first kappa shape index (κ1) is 51.4. The smallest absolute Gasteiger partial charge is 0.0665 e. The Balaban J connectivity index is 0.0000157. The molecule has 0 radical (unpaired) electrons. The van der Waals surface area contributed by atoms with E-state index in [1.165, 1.54) is 145 Å². The van der Waals surface area contributed by atoms with Crippen LogP contribution in [0, 0.1) is 23.7 Å². The number of unbranched alkanes of at least 4 members (excludes halogenated alkanes) is 21. The third kappa shape index (κ3) is 26.3. The quantitative estimate of drug-likeness (QED) is 0.0305. The van der Waals surface area contributed by atoms with Gasteiger partial charge in [0.2, 0.25) is 0 Å². The van der Waals surface area contributed by atoms with Crippen LogP contribution in [-0.2, 0) is 29.3 Å². The molecule has 56 heavy (non-hydrogen) atoms. The molecule has 0 atom stereocenters. The Hall–Kier alpha value is -2.61. The van der Waals surface area contributed by atoms with Gasteiger partial charge in [-0.05, 0) is 87.5 Å². The number of nitrogens with zero attached hydrogens (tertiary/aromatic N) is 2. The molecule has 0 fully saturated rings. The maximum absolute atomic E-state index is 5.50. The van der Waals surface area contributed by atoms with Crippen molar-refractivity contribution >= 4 is 22.8 Å². The number of rotatable bonds is 32. The predicted octanol–water partition coefficient (Wildman–Crippen LogP) is 17.0. The molecule has 2 nitrogen and oxygen atoms in total. The van der Waals surface area contributed by atoms with Crippen LogP contribution in [0.5, 0.6) is 0 Å². The average molecular weight is 806 g/mol. The molecule has 0 amide bonds. The van der Waals surface area contributed by atoms with Gasteiger partial charge in [0, 0.05) is 42.2 Å². The summed E-state index contributed by atoms with van der Waals surface area (Å²) < 4.78 is 0. The van der Waals surface area contributed by atoms with Crippen molar-refractivity contribution in [2.75, 3.05) is 0 Å². The van der Waals surface area contributed by atoms with E-state index in [1.807, 2.05) is 0 Å². The molecule has 0 aliphatic rings. The Morgan fingerprint density at radius 3 is 1.09 bits per heavy atom. The summed E-state index contributed by atoms with van der Waals surface area (Å²) in [5.41, 5.74) is 7.30. The average Bonchev–Trinajstić information content (AvgIpc) is 3.20. The summed E-state index contributed by atoms with van der Waals surface area (Å²) in [4.78, 5) is 11.0. The molecule has 3 heteroatoms. The van der Waals surface area contributed by atoms with E-state index < -0.39 is 0 Å². The molecule has 2 aromatic carbocycles. The second kappa shape index (κ2) is 37.9. The number of hydrogen-bond acceptors (Lipinski definition) is 2. The number of para-hydroxylation sites is 2. The van der Waals surface area contributed by atoms with E-state index in [-0.39, 0.29) is 16.5 Å². The second-order valence-electron chi connectivity index (χ2n) is 15.8. The molecule has 0 aliphatic carbocycles. The normalized spacial score (nSPS) is 11.4. The van der Waals surface area contributed by atoms with E-state index in [0.717, 1.165) is 88.4 Å². The summed E-state index contributed by atoms with van der Waals surface area (Å²) in [5, 5.41) is 0. The van der Waals surface area contributed by atoms with Crippen molar-refractivity contribution in [3.8, 4) is 23.7 Å². The summed E-state index contributed by atoms with van der Waals surface area (Å²) in [6, 6.07) is 17.7. The Morgan fingerprint density at radius 2 is 0.679 bits per heavy atom. The minimum atomic E-state index is 0. The van der Waals surface area contributed by atoms with E-state index in [4.69, 9.17) is 9.98 Å². The summed E-state index contributed by atoms with van der Waals surface area (Å²) >= 11 is 0. The standard InChI is InChI=1S/C53H82N2.Ni/c1-5-9-13-16-18-20-22-24-26-28-30-33-40-48-42-36-38-44-50(48)54-52(46-32-12-8-4)53(47-35-15-11-7-3)55-51-45-39-37-43-49(51)41-34-31-29-27-25-23-21-19-17-14-10-6-2;/h36-39,42-45H,5-25,30-35,40-41,46-47H2,1-4H3;. The van der Waals surface area contributed by atoms with Gasteiger partial charge >= 0.3 is 0 Å². The molecule has 0 saturated carbocycles. The Labute approximate surface area is 357 Å². The largest absolute Gasteiger partial charge is 0.251 e. The minimum absolute atomic E-state index is 0. The van der Waals surface area contributed by atoms with Gasteiger partial charge in [-0.25, -0.2) is 0 Å². The SMILES string of the molecule is CCCCCCCCCC#CCCCc1ccccc1N=C(CCCCC)C(CCCCCC)=Nc1ccccc1CCCC#CCCCCCCCCC.[Ni]. The van der Waals surface area contributed by atoms with Gasteiger partial charge in [-0.1, -0.05) is 173 Å². The first-order valence-corrected chi connectivity index (χ1v) is 23.5. The van der Waals surface area contributed by atoms with Gasteiger partial charge in [0.25, 0.3) is 0 Å². The van der Waals surface area contributed by atoms with E-state index >= 15 is 0 Å². The number of hydrogen-bond donors (Lipinski definition) is 0. The summed E-state index contributed by atoms with van der Waals surface area (Å²) in [5.74, 6) is 13.9. The van der Waals surface area contributed by atoms with Crippen molar-refractivity contribution in [3.05, 3.63) is 59.7 Å². The van der Waals surface area contributed by atoms with Crippen LogP contribution in [0.2, 0.25) is 0 Å². The maximum Gasteiger partial charge on any atom is 0.0665 e. The van der Waals surface area contributed by atoms with E-state index in [0.29, 0.717) is 0 Å². The topological polar surface area (TPSA) is 24.7 Å². The van der Waals surface area contributed by atoms with Crippen LogP contribution in [0.1, 0.15) is 225 Å². The molecule has 0 spiro atoms. The summed E-state index contributed by atoms with van der Waals surface area (Å²) in [6.45, 7) is 9.16. The molecule has 314 valence electrons. The predicted molar refractivity (Wildman–Crippen MR) is 247 cm³/mol. The molecule has 0 N–H and O–H groups in total. The van der Waals surface area contributed by atoms with Gasteiger partial charge in [-0.15, -0.1) is 23.7 Å². The zero-order chi connectivity index (χ0) is 39.3. The zero-order valence-electron chi connectivity index (χ0n) is 36.7. The number of aryl methyl sites for hydroxylation is 2. The third-order valence-electron chi connectivity index (χ3n) is 10.7. The first-order valence-electron chi connectivity index (χ1n) is 23.5. The Bertz CT molecular complexity index is 1410. The Kier molecular flexibility index (Phi) is 34.8. The molecule has 0 heterocycles. The maximum atomic E-state index is 5.50. The first-order chi connectivity index (χ1) is 27.2. The van der Waals surface area contributed by atoms with Crippen molar-refractivity contribution in [1.29, 1.82) is 0 Å². The zero-order valence-corrected chi connectivity index (χ0v) is 37.7. The van der Waals surface area contributed by atoms with Crippen LogP contribution in [0.4, 0.5) is 11.4 Å². The molecular weight excluding hydrogens is 723 g/mol. The summed E-state index contributed by atoms with van der Waals surface area (Å²) in [7, 11) is 0. The van der Waals surface area contributed by atoms with Gasteiger partial charge in [-0.3, -0.25) is 9.98 Å². The van der Waals surface area contributed by atoms with Crippen molar-refractivity contribution in [1.82, 2.24) is 0 Å². The number of aliphatic imine (C=N–C) groups is 2. The molecule has 0 saturated heterocycles. The van der Waals surface area contributed by atoms with Crippen LogP contribution in [0.25, 0.3) is 0 Å². The third-order valence-corrected chi connectivity index (χ3v) is 10.7. The Morgan fingerprint density at radius 1 is 0.375 bits per heavy atom. The fourth-order valence-electron chi connectivity index (χ4n) is 7.17. The number of benzene rings is 2. The summed E-state index contributed by atoms with van der Waals surface area (Å²) in [6.07, 6.45) is 37.5.